The highest BCUT2D eigenvalue weighted by molar-refractivity contribution is 6.07. The van der Waals surface area contributed by atoms with E-state index in [-0.39, 0.29) is 5.78 Å². The predicted octanol–water partition coefficient (Wildman–Crippen LogP) is 3.48. The Bertz CT molecular complexity index is 643. The summed E-state index contributed by atoms with van der Waals surface area (Å²) >= 11 is 0. The largest absolute Gasteiger partial charge is 0.497 e. The Morgan fingerprint density at radius 1 is 1.15 bits per heavy atom. The van der Waals surface area contributed by atoms with Gasteiger partial charge in [0.15, 0.2) is 5.78 Å². The average Bonchev–Trinajstić information content (AvgIpc) is 2.46. The number of hydrogen-bond donors (Lipinski definition) is 1. The number of nitrogens with two attached hydrogens (primary N) is 1. The summed E-state index contributed by atoms with van der Waals surface area (Å²) in [5, 5.41) is 0. The van der Waals surface area contributed by atoms with Crippen molar-refractivity contribution >= 4 is 17.5 Å². The van der Waals surface area contributed by atoms with Gasteiger partial charge in [-0.3, -0.25) is 4.79 Å². The number of carbonyl (C=O) groups excluding carboxylic acids is 1. The Hall–Kier alpha value is -2.55. The third-order valence-electron chi connectivity index (χ3n) is 3.06. The molecule has 0 aliphatic heterocycles. The van der Waals surface area contributed by atoms with Crippen molar-refractivity contribution in [1.82, 2.24) is 0 Å². The maximum absolute atomic E-state index is 12.2. The molecule has 0 radical (unpaired) electrons. The van der Waals surface area contributed by atoms with E-state index >= 15 is 0 Å². The molecule has 20 heavy (non-hydrogen) atoms. The molecule has 2 aromatic carbocycles. The van der Waals surface area contributed by atoms with Crippen LogP contribution in [-0.4, -0.2) is 12.9 Å². The van der Waals surface area contributed by atoms with Gasteiger partial charge in [0.25, 0.3) is 0 Å². The van der Waals surface area contributed by atoms with Crippen LogP contribution in [0.2, 0.25) is 0 Å². The van der Waals surface area contributed by atoms with E-state index in [0.29, 0.717) is 11.3 Å². The smallest absolute Gasteiger partial charge is 0.186 e. The molecule has 2 aromatic rings. The fourth-order valence-electron chi connectivity index (χ4n) is 1.91. The minimum atomic E-state index is -0.0259. The number of nitrogen functional groups attached to an aromatic ring is 1. The first-order valence-corrected chi connectivity index (χ1v) is 6.33. The number of benzene rings is 2. The second-order valence-electron chi connectivity index (χ2n) is 4.55. The lowest BCUT2D eigenvalue weighted by atomic mass is 10.0. The summed E-state index contributed by atoms with van der Waals surface area (Å²) in [4.78, 5) is 12.2. The molecule has 0 unspecified atom stereocenters. The zero-order valence-electron chi connectivity index (χ0n) is 11.6. The molecular formula is C17H17NO2. The van der Waals surface area contributed by atoms with Crippen LogP contribution in [0.15, 0.2) is 48.5 Å². The highest BCUT2D eigenvalue weighted by atomic mass is 16.5. The maximum Gasteiger partial charge on any atom is 0.186 e. The van der Waals surface area contributed by atoms with Crippen LogP contribution in [0.5, 0.6) is 5.75 Å². The van der Waals surface area contributed by atoms with Crippen LogP contribution in [0.1, 0.15) is 21.5 Å². The summed E-state index contributed by atoms with van der Waals surface area (Å²) in [6.07, 6.45) is 3.35. The van der Waals surface area contributed by atoms with Gasteiger partial charge in [-0.1, -0.05) is 18.2 Å². The molecule has 0 amide bonds. The number of methoxy groups -OCH3 is 1. The predicted molar refractivity (Wildman–Crippen MR) is 81.9 cm³/mol. The van der Waals surface area contributed by atoms with E-state index in [1.54, 1.807) is 31.4 Å². The summed E-state index contributed by atoms with van der Waals surface area (Å²) in [6.45, 7) is 1.90. The first kappa shape index (κ1) is 13.9. The van der Waals surface area contributed by atoms with Crippen LogP contribution < -0.4 is 10.5 Å². The number of aryl methyl sites for hydroxylation is 1. The van der Waals surface area contributed by atoms with Gasteiger partial charge < -0.3 is 10.5 Å². The van der Waals surface area contributed by atoms with E-state index < -0.39 is 0 Å². The maximum atomic E-state index is 12.2. The number of ether oxygens (including phenoxy) is 1. The lowest BCUT2D eigenvalue weighted by molar-refractivity contribution is 0.104. The van der Waals surface area contributed by atoms with Crippen molar-refractivity contribution in [3.63, 3.8) is 0 Å². The number of hydrogen-bond acceptors (Lipinski definition) is 3. The summed E-state index contributed by atoms with van der Waals surface area (Å²) in [7, 11) is 1.61. The van der Waals surface area contributed by atoms with Crippen LogP contribution in [-0.2, 0) is 0 Å². The van der Waals surface area contributed by atoms with Crippen molar-refractivity contribution in [1.29, 1.82) is 0 Å². The molecular weight excluding hydrogens is 250 g/mol. The minimum Gasteiger partial charge on any atom is -0.497 e. The first-order valence-electron chi connectivity index (χ1n) is 6.33. The van der Waals surface area contributed by atoms with Gasteiger partial charge in [0.05, 0.1) is 7.11 Å². The number of ketones is 1. The van der Waals surface area contributed by atoms with Crippen molar-refractivity contribution in [3.8, 4) is 5.75 Å². The first-order chi connectivity index (χ1) is 9.60. The van der Waals surface area contributed by atoms with Crippen molar-refractivity contribution in [2.24, 2.45) is 0 Å². The van der Waals surface area contributed by atoms with E-state index in [1.165, 1.54) is 0 Å². The topological polar surface area (TPSA) is 52.3 Å². The lowest BCUT2D eigenvalue weighted by Gasteiger charge is -2.05. The Morgan fingerprint density at radius 3 is 2.45 bits per heavy atom. The van der Waals surface area contributed by atoms with Crippen molar-refractivity contribution in [3.05, 3.63) is 65.2 Å². The molecule has 0 saturated carbocycles. The summed E-state index contributed by atoms with van der Waals surface area (Å²) in [5.74, 6) is 0.726. The molecule has 3 heteroatoms. The molecule has 0 atom stereocenters. The average molecular weight is 267 g/mol. The standard InChI is InChI=1S/C17H17NO2/c1-12-11-15(20-2)8-9-16(12)17(19)10-5-13-3-6-14(18)7-4-13/h3-11H,18H2,1-2H3/b10-5+. The monoisotopic (exact) mass is 267 g/mol. The summed E-state index contributed by atoms with van der Waals surface area (Å²) < 4.78 is 5.13. The van der Waals surface area contributed by atoms with Crippen LogP contribution >= 0.6 is 0 Å². The zero-order valence-corrected chi connectivity index (χ0v) is 11.6. The van der Waals surface area contributed by atoms with Crippen molar-refractivity contribution in [2.75, 3.05) is 12.8 Å². The molecule has 0 heterocycles. The van der Waals surface area contributed by atoms with Crippen LogP contribution in [0.25, 0.3) is 6.08 Å². The van der Waals surface area contributed by atoms with E-state index in [1.807, 2.05) is 37.3 Å². The van der Waals surface area contributed by atoms with Gasteiger partial charge in [0, 0.05) is 11.3 Å². The molecule has 2 N–H and O–H groups in total. The van der Waals surface area contributed by atoms with Gasteiger partial charge in [-0.25, -0.2) is 0 Å². The molecule has 2 rings (SSSR count). The van der Waals surface area contributed by atoms with Gasteiger partial charge in [0.1, 0.15) is 5.75 Å². The molecule has 3 nitrogen and oxygen atoms in total. The van der Waals surface area contributed by atoms with Gasteiger partial charge in [-0.2, -0.15) is 0 Å². The fraction of sp³-hybridized carbons (Fsp3) is 0.118. The Labute approximate surface area is 118 Å². The number of carbonyl (C=O) groups is 1. The number of allylic oxidation sites excluding steroid dienone is 1. The normalized spacial score (nSPS) is 10.7. The molecule has 0 spiro atoms. The Kier molecular flexibility index (Phi) is 4.20. The van der Waals surface area contributed by atoms with E-state index in [0.717, 1.165) is 16.9 Å². The molecule has 0 aliphatic carbocycles. The molecule has 0 aliphatic rings. The second kappa shape index (κ2) is 6.06. The number of anilines is 1. The van der Waals surface area contributed by atoms with Crippen molar-refractivity contribution in [2.45, 2.75) is 6.92 Å². The quantitative estimate of drug-likeness (QED) is 0.524. The minimum absolute atomic E-state index is 0.0259. The lowest BCUT2D eigenvalue weighted by Crippen LogP contribution is -1.98. The number of rotatable bonds is 4. The van der Waals surface area contributed by atoms with E-state index in [4.69, 9.17) is 10.5 Å². The summed E-state index contributed by atoms with van der Waals surface area (Å²) in [5.41, 5.74) is 8.85. The molecule has 0 bridgehead atoms. The molecule has 102 valence electrons. The molecule has 0 fully saturated rings. The highest BCUT2D eigenvalue weighted by Gasteiger charge is 2.06. The van der Waals surface area contributed by atoms with E-state index in [2.05, 4.69) is 0 Å². The summed E-state index contributed by atoms with van der Waals surface area (Å²) in [6, 6.07) is 12.8. The third-order valence-corrected chi connectivity index (χ3v) is 3.06. The van der Waals surface area contributed by atoms with Gasteiger partial charge in [-0.05, 0) is 54.5 Å². The highest BCUT2D eigenvalue weighted by Crippen LogP contribution is 2.18. The Morgan fingerprint density at radius 2 is 1.85 bits per heavy atom. The Balaban J connectivity index is 2.17. The van der Waals surface area contributed by atoms with Crippen LogP contribution in [0.3, 0.4) is 0 Å². The van der Waals surface area contributed by atoms with Gasteiger partial charge in [0.2, 0.25) is 0 Å². The van der Waals surface area contributed by atoms with E-state index in [9.17, 15) is 4.79 Å². The molecule has 0 aromatic heterocycles. The van der Waals surface area contributed by atoms with Crippen LogP contribution in [0, 0.1) is 6.92 Å². The van der Waals surface area contributed by atoms with Gasteiger partial charge >= 0.3 is 0 Å². The zero-order chi connectivity index (χ0) is 14.5. The second-order valence-corrected chi connectivity index (χ2v) is 4.55. The third kappa shape index (κ3) is 3.26. The molecule has 0 saturated heterocycles. The SMILES string of the molecule is COc1ccc(C(=O)/C=C/c2ccc(N)cc2)c(C)c1. The fourth-order valence-corrected chi connectivity index (χ4v) is 1.91. The van der Waals surface area contributed by atoms with Crippen molar-refractivity contribution < 1.29 is 9.53 Å². The van der Waals surface area contributed by atoms with Gasteiger partial charge in [-0.15, -0.1) is 0 Å². The van der Waals surface area contributed by atoms with Crippen LogP contribution in [0.4, 0.5) is 5.69 Å².